The van der Waals surface area contributed by atoms with Crippen molar-refractivity contribution in [3.05, 3.63) is 12.4 Å². The first-order valence-electron chi connectivity index (χ1n) is 4.87. The lowest BCUT2D eigenvalue weighted by Crippen LogP contribution is -2.37. The molecule has 1 fully saturated rings. The lowest BCUT2D eigenvalue weighted by Gasteiger charge is -2.21. The van der Waals surface area contributed by atoms with Crippen LogP contribution in [-0.4, -0.2) is 29.0 Å². The van der Waals surface area contributed by atoms with Crippen molar-refractivity contribution in [1.82, 2.24) is 15.3 Å². The maximum Gasteiger partial charge on any atom is 0.231 e. The van der Waals surface area contributed by atoms with Crippen LogP contribution in [0.4, 0.5) is 5.95 Å². The summed E-state index contributed by atoms with van der Waals surface area (Å²) in [5, 5.41) is 5.95. The van der Waals surface area contributed by atoms with Crippen molar-refractivity contribution < 1.29 is 4.79 Å². The van der Waals surface area contributed by atoms with Gasteiger partial charge in [-0.15, -0.1) is 0 Å². The van der Waals surface area contributed by atoms with Gasteiger partial charge in [0.2, 0.25) is 11.9 Å². The Balaban J connectivity index is 1.88. The Morgan fingerprint density at radius 3 is 3.21 bits per heavy atom. The van der Waals surface area contributed by atoms with Crippen molar-refractivity contribution in [3.8, 4) is 0 Å². The molecule has 0 saturated carbocycles. The van der Waals surface area contributed by atoms with Crippen molar-refractivity contribution in [1.29, 1.82) is 0 Å². The maximum absolute atomic E-state index is 11.7. The molecule has 1 aliphatic rings. The van der Waals surface area contributed by atoms with Crippen LogP contribution in [0.15, 0.2) is 12.4 Å². The Labute approximate surface area is 82.3 Å². The van der Waals surface area contributed by atoms with E-state index in [0.717, 1.165) is 25.9 Å². The molecule has 2 heterocycles. The molecular formula is C9H14N4O. The Morgan fingerprint density at radius 1 is 1.64 bits per heavy atom. The molecule has 5 nitrogen and oxygen atoms in total. The van der Waals surface area contributed by atoms with E-state index in [1.807, 2.05) is 0 Å². The minimum Gasteiger partial charge on any atom is -0.331 e. The largest absolute Gasteiger partial charge is 0.331 e. The van der Waals surface area contributed by atoms with Crippen LogP contribution in [-0.2, 0) is 4.79 Å². The summed E-state index contributed by atoms with van der Waals surface area (Å²) in [6, 6.07) is 0. The third kappa shape index (κ3) is 2.11. The molecule has 2 rings (SSSR count). The number of nitrogens with zero attached hydrogens (tertiary/aromatic N) is 1. The second-order valence-electron chi connectivity index (χ2n) is 3.47. The SMILES string of the molecule is O=C(Nc1ncc[nH]1)C1CCCNC1. The van der Waals surface area contributed by atoms with E-state index in [-0.39, 0.29) is 11.8 Å². The fourth-order valence-electron chi connectivity index (χ4n) is 1.63. The number of piperidine rings is 1. The van der Waals surface area contributed by atoms with Crippen LogP contribution in [0.1, 0.15) is 12.8 Å². The van der Waals surface area contributed by atoms with E-state index in [9.17, 15) is 4.79 Å². The molecule has 1 atom stereocenters. The number of rotatable bonds is 2. The smallest absolute Gasteiger partial charge is 0.231 e. The number of imidazole rings is 1. The summed E-state index contributed by atoms with van der Waals surface area (Å²) < 4.78 is 0. The molecular weight excluding hydrogens is 180 g/mol. The molecule has 1 aromatic heterocycles. The molecule has 14 heavy (non-hydrogen) atoms. The van der Waals surface area contributed by atoms with Crippen molar-refractivity contribution in [2.24, 2.45) is 5.92 Å². The Bertz CT molecular complexity index is 290. The number of anilines is 1. The van der Waals surface area contributed by atoms with Crippen LogP contribution >= 0.6 is 0 Å². The van der Waals surface area contributed by atoms with Crippen LogP contribution < -0.4 is 10.6 Å². The molecule has 3 N–H and O–H groups in total. The zero-order valence-corrected chi connectivity index (χ0v) is 7.92. The monoisotopic (exact) mass is 194 g/mol. The van der Waals surface area contributed by atoms with Crippen molar-refractivity contribution in [2.45, 2.75) is 12.8 Å². The predicted octanol–water partition coefficient (Wildman–Crippen LogP) is 0.348. The summed E-state index contributed by atoms with van der Waals surface area (Å²) in [4.78, 5) is 18.4. The van der Waals surface area contributed by atoms with E-state index in [4.69, 9.17) is 0 Å². The predicted molar refractivity (Wildman–Crippen MR) is 52.8 cm³/mol. The number of H-pyrrole nitrogens is 1. The quantitative estimate of drug-likeness (QED) is 0.636. The zero-order valence-electron chi connectivity index (χ0n) is 7.92. The van der Waals surface area contributed by atoms with E-state index < -0.39 is 0 Å². The van der Waals surface area contributed by atoms with Gasteiger partial charge in [-0.1, -0.05) is 0 Å². The highest BCUT2D eigenvalue weighted by Crippen LogP contribution is 2.11. The molecule has 1 aromatic rings. The third-order valence-electron chi connectivity index (χ3n) is 2.41. The second kappa shape index (κ2) is 4.23. The average molecular weight is 194 g/mol. The van der Waals surface area contributed by atoms with Gasteiger partial charge in [-0.3, -0.25) is 10.1 Å². The van der Waals surface area contributed by atoms with E-state index in [1.54, 1.807) is 12.4 Å². The molecule has 1 unspecified atom stereocenters. The van der Waals surface area contributed by atoms with E-state index in [2.05, 4.69) is 20.6 Å². The zero-order chi connectivity index (χ0) is 9.80. The van der Waals surface area contributed by atoms with Gasteiger partial charge in [0.25, 0.3) is 0 Å². The van der Waals surface area contributed by atoms with Gasteiger partial charge in [-0.25, -0.2) is 4.98 Å². The summed E-state index contributed by atoms with van der Waals surface area (Å²) in [5.41, 5.74) is 0. The van der Waals surface area contributed by atoms with E-state index >= 15 is 0 Å². The van der Waals surface area contributed by atoms with Crippen molar-refractivity contribution in [2.75, 3.05) is 18.4 Å². The van der Waals surface area contributed by atoms with E-state index in [1.165, 1.54) is 0 Å². The molecule has 76 valence electrons. The van der Waals surface area contributed by atoms with Gasteiger partial charge in [0.15, 0.2) is 0 Å². The molecule has 1 aliphatic heterocycles. The van der Waals surface area contributed by atoms with Gasteiger partial charge >= 0.3 is 0 Å². The molecule has 0 aliphatic carbocycles. The van der Waals surface area contributed by atoms with Gasteiger partial charge in [-0.05, 0) is 19.4 Å². The van der Waals surface area contributed by atoms with Gasteiger partial charge in [-0.2, -0.15) is 0 Å². The topological polar surface area (TPSA) is 69.8 Å². The van der Waals surface area contributed by atoms with Crippen molar-refractivity contribution in [3.63, 3.8) is 0 Å². The number of aromatic nitrogens is 2. The normalized spacial score (nSPS) is 21.9. The third-order valence-corrected chi connectivity index (χ3v) is 2.41. The van der Waals surface area contributed by atoms with Crippen LogP contribution in [0.3, 0.4) is 0 Å². The lowest BCUT2D eigenvalue weighted by molar-refractivity contribution is -0.120. The Morgan fingerprint density at radius 2 is 2.57 bits per heavy atom. The van der Waals surface area contributed by atoms with Crippen LogP contribution in [0.2, 0.25) is 0 Å². The minimum atomic E-state index is 0.0483. The molecule has 1 amide bonds. The lowest BCUT2D eigenvalue weighted by atomic mass is 9.99. The highest BCUT2D eigenvalue weighted by molar-refractivity contribution is 5.91. The number of nitrogens with one attached hydrogen (secondary N) is 3. The fourth-order valence-corrected chi connectivity index (χ4v) is 1.63. The van der Waals surface area contributed by atoms with Crippen molar-refractivity contribution >= 4 is 11.9 Å². The summed E-state index contributed by atoms with van der Waals surface area (Å²) >= 11 is 0. The molecule has 0 spiro atoms. The number of amides is 1. The summed E-state index contributed by atoms with van der Waals surface area (Å²) in [5.74, 6) is 0.654. The Hall–Kier alpha value is -1.36. The van der Waals surface area contributed by atoms with Crippen LogP contribution in [0, 0.1) is 5.92 Å². The molecule has 1 saturated heterocycles. The number of carbonyl (C=O) groups excluding carboxylic acids is 1. The number of hydrogen-bond donors (Lipinski definition) is 3. The van der Waals surface area contributed by atoms with Gasteiger partial charge in [0.05, 0.1) is 5.92 Å². The number of hydrogen-bond acceptors (Lipinski definition) is 3. The molecule has 0 radical (unpaired) electrons. The summed E-state index contributed by atoms with van der Waals surface area (Å²) in [6.45, 7) is 1.79. The van der Waals surface area contributed by atoms with Crippen LogP contribution in [0.5, 0.6) is 0 Å². The number of aromatic amines is 1. The highest BCUT2D eigenvalue weighted by atomic mass is 16.2. The molecule has 0 bridgehead atoms. The first kappa shape index (κ1) is 9.21. The highest BCUT2D eigenvalue weighted by Gasteiger charge is 2.21. The first-order valence-corrected chi connectivity index (χ1v) is 4.87. The van der Waals surface area contributed by atoms with Gasteiger partial charge in [0.1, 0.15) is 0 Å². The standard InChI is InChI=1S/C9H14N4O/c14-8(7-2-1-3-10-6-7)13-9-11-4-5-12-9/h4-5,7,10H,1-3,6H2,(H2,11,12,13,14). The first-order chi connectivity index (χ1) is 6.86. The van der Waals surface area contributed by atoms with Gasteiger partial charge in [0, 0.05) is 18.9 Å². The van der Waals surface area contributed by atoms with E-state index in [0.29, 0.717) is 5.95 Å². The number of carbonyl (C=O) groups is 1. The average Bonchev–Trinajstić information content (AvgIpc) is 2.72. The maximum atomic E-state index is 11.7. The minimum absolute atomic E-state index is 0.0483. The second-order valence-corrected chi connectivity index (χ2v) is 3.47. The van der Waals surface area contributed by atoms with Gasteiger partial charge < -0.3 is 10.3 Å². The Kier molecular flexibility index (Phi) is 2.78. The van der Waals surface area contributed by atoms with Crippen LogP contribution in [0.25, 0.3) is 0 Å². The molecule has 0 aromatic carbocycles. The fraction of sp³-hybridized carbons (Fsp3) is 0.556. The molecule has 5 heteroatoms. The summed E-state index contributed by atoms with van der Waals surface area (Å²) in [6.07, 6.45) is 5.33. The summed E-state index contributed by atoms with van der Waals surface area (Å²) in [7, 11) is 0.